The number of nitrogens with zero attached hydrogens (tertiary/aromatic N) is 3. The second-order valence-electron chi connectivity index (χ2n) is 5.88. The smallest absolute Gasteiger partial charge is 0.254 e. The number of carbonyl (C=O) groups is 1. The van der Waals surface area contributed by atoms with Crippen LogP contribution in [0.25, 0.3) is 10.2 Å². The van der Waals surface area contributed by atoms with Gasteiger partial charge in [-0.2, -0.15) is 0 Å². The van der Waals surface area contributed by atoms with Crippen LogP contribution in [0, 0.1) is 0 Å². The molecule has 1 aromatic carbocycles. The Morgan fingerprint density at radius 1 is 1.38 bits per heavy atom. The van der Waals surface area contributed by atoms with Gasteiger partial charge in [-0.25, -0.2) is 9.97 Å². The predicted molar refractivity (Wildman–Crippen MR) is 100 cm³/mol. The Bertz CT molecular complexity index is 933. The molecule has 1 aliphatic rings. The fourth-order valence-electron chi connectivity index (χ4n) is 2.84. The van der Waals surface area contributed by atoms with Gasteiger partial charge >= 0.3 is 0 Å². The lowest BCUT2D eigenvalue weighted by Gasteiger charge is -2.33. The van der Waals surface area contributed by atoms with Crippen molar-refractivity contribution < 1.29 is 14.3 Å². The van der Waals surface area contributed by atoms with Crippen molar-refractivity contribution in [1.82, 2.24) is 14.9 Å². The van der Waals surface area contributed by atoms with Crippen molar-refractivity contribution in [2.24, 2.45) is 0 Å². The number of hydrogen-bond donors (Lipinski definition) is 0. The molecule has 1 aliphatic heterocycles. The Hall–Kier alpha value is -2.22. The summed E-state index contributed by atoms with van der Waals surface area (Å²) in [6.45, 7) is 1.81. The third kappa shape index (κ3) is 3.65. The molecule has 8 heteroatoms. The van der Waals surface area contributed by atoms with Crippen LogP contribution in [0.3, 0.4) is 0 Å². The van der Waals surface area contributed by atoms with Crippen LogP contribution in [0.4, 0.5) is 0 Å². The summed E-state index contributed by atoms with van der Waals surface area (Å²) in [5.74, 6) is 0.505. The van der Waals surface area contributed by atoms with E-state index in [4.69, 9.17) is 21.1 Å². The number of rotatable bonds is 4. The van der Waals surface area contributed by atoms with Gasteiger partial charge in [0.1, 0.15) is 12.7 Å². The molecule has 0 N–H and O–H groups in total. The van der Waals surface area contributed by atoms with Gasteiger partial charge in [0.2, 0.25) is 0 Å². The molecule has 1 fully saturated rings. The van der Waals surface area contributed by atoms with Gasteiger partial charge in [-0.1, -0.05) is 11.6 Å². The van der Waals surface area contributed by atoms with E-state index >= 15 is 0 Å². The van der Waals surface area contributed by atoms with Gasteiger partial charge in [-0.3, -0.25) is 4.79 Å². The first-order valence-electron chi connectivity index (χ1n) is 8.18. The number of carbonyl (C=O) groups excluding carboxylic acids is 1. The Labute approximate surface area is 159 Å². The summed E-state index contributed by atoms with van der Waals surface area (Å²) in [7, 11) is 0. The molecule has 1 atom stereocenters. The number of halogens is 1. The number of hydrogen-bond acceptors (Lipinski definition) is 6. The van der Waals surface area contributed by atoms with Crippen LogP contribution < -0.4 is 4.74 Å². The van der Waals surface area contributed by atoms with Gasteiger partial charge in [0.05, 0.1) is 28.9 Å². The number of morpholine rings is 1. The van der Waals surface area contributed by atoms with Crippen molar-refractivity contribution in [2.45, 2.75) is 6.10 Å². The van der Waals surface area contributed by atoms with Crippen LogP contribution >= 0.6 is 22.9 Å². The van der Waals surface area contributed by atoms with E-state index < -0.39 is 0 Å². The lowest BCUT2D eigenvalue weighted by atomic mass is 10.1. The largest absolute Gasteiger partial charge is 0.488 e. The molecule has 3 aromatic rings. The number of thiazole rings is 1. The summed E-state index contributed by atoms with van der Waals surface area (Å²) >= 11 is 7.52. The second-order valence-corrected chi connectivity index (χ2v) is 7.13. The highest BCUT2D eigenvalue weighted by Gasteiger charge is 2.26. The average Bonchev–Trinajstić information content (AvgIpc) is 3.15. The summed E-state index contributed by atoms with van der Waals surface area (Å²) in [6.07, 6.45) is 1.39. The van der Waals surface area contributed by atoms with Gasteiger partial charge in [-0.15, -0.1) is 11.3 Å². The van der Waals surface area contributed by atoms with Crippen LogP contribution in [0.15, 0.2) is 42.0 Å². The van der Waals surface area contributed by atoms with Crippen LogP contribution in [-0.2, 0) is 4.74 Å². The Kier molecular flexibility index (Phi) is 5.01. The molecule has 1 unspecified atom stereocenters. The SMILES string of the molecule is O=C(c1ccc2ncsc2c1)N1CCOC(COc2cccnc2Cl)C1. The molecular formula is C18H16ClN3O3S. The first kappa shape index (κ1) is 17.2. The zero-order valence-corrected chi connectivity index (χ0v) is 15.4. The minimum absolute atomic E-state index is 0.00647. The standard InChI is InChI=1S/C18H16ClN3O3S/c19-17-15(2-1-5-20-17)25-10-13-9-22(6-7-24-13)18(23)12-3-4-14-16(8-12)26-11-21-14/h1-5,8,11,13H,6-7,9-10H2. The second kappa shape index (κ2) is 7.57. The molecule has 0 radical (unpaired) electrons. The molecule has 0 bridgehead atoms. The first-order valence-corrected chi connectivity index (χ1v) is 9.44. The molecule has 2 aromatic heterocycles. The van der Waals surface area contributed by atoms with E-state index in [0.29, 0.717) is 42.8 Å². The number of aromatic nitrogens is 2. The number of pyridine rings is 1. The van der Waals surface area contributed by atoms with Crippen molar-refractivity contribution in [3.8, 4) is 5.75 Å². The average molecular weight is 390 g/mol. The van der Waals surface area contributed by atoms with Crippen molar-refractivity contribution in [3.63, 3.8) is 0 Å². The molecule has 4 rings (SSSR count). The van der Waals surface area contributed by atoms with Crippen molar-refractivity contribution in [1.29, 1.82) is 0 Å². The van der Waals surface area contributed by atoms with Gasteiger partial charge in [0.25, 0.3) is 5.91 Å². The van der Waals surface area contributed by atoms with E-state index in [2.05, 4.69) is 9.97 Å². The highest BCUT2D eigenvalue weighted by molar-refractivity contribution is 7.16. The van der Waals surface area contributed by atoms with Crippen LogP contribution in [0.2, 0.25) is 5.15 Å². The van der Waals surface area contributed by atoms with E-state index in [1.165, 1.54) is 11.3 Å². The zero-order chi connectivity index (χ0) is 17.9. The van der Waals surface area contributed by atoms with Crippen LogP contribution in [-0.4, -0.2) is 53.2 Å². The van der Waals surface area contributed by atoms with Crippen LogP contribution in [0.1, 0.15) is 10.4 Å². The molecule has 26 heavy (non-hydrogen) atoms. The third-order valence-corrected chi connectivity index (χ3v) is 5.23. The minimum atomic E-state index is -0.212. The molecule has 0 saturated carbocycles. The zero-order valence-electron chi connectivity index (χ0n) is 13.8. The maximum absolute atomic E-state index is 12.8. The van der Waals surface area contributed by atoms with Gasteiger partial charge in [0.15, 0.2) is 10.9 Å². The fraction of sp³-hybridized carbons (Fsp3) is 0.278. The monoisotopic (exact) mass is 389 g/mol. The topological polar surface area (TPSA) is 64.6 Å². The molecular weight excluding hydrogens is 374 g/mol. The highest BCUT2D eigenvalue weighted by Crippen LogP contribution is 2.22. The molecule has 6 nitrogen and oxygen atoms in total. The molecule has 134 valence electrons. The van der Waals surface area contributed by atoms with E-state index in [0.717, 1.165) is 10.2 Å². The fourth-order valence-corrected chi connectivity index (χ4v) is 3.73. The van der Waals surface area contributed by atoms with Crippen molar-refractivity contribution >= 4 is 39.1 Å². The molecule has 0 aliphatic carbocycles. The normalized spacial score (nSPS) is 17.4. The summed E-state index contributed by atoms with van der Waals surface area (Å²) < 4.78 is 12.4. The lowest BCUT2D eigenvalue weighted by molar-refractivity contribution is -0.0401. The predicted octanol–water partition coefficient (Wildman–Crippen LogP) is 3.26. The molecule has 1 amide bonds. The van der Waals surface area contributed by atoms with E-state index in [-0.39, 0.29) is 12.0 Å². The van der Waals surface area contributed by atoms with Crippen LogP contribution in [0.5, 0.6) is 5.75 Å². The Balaban J connectivity index is 1.41. The van der Waals surface area contributed by atoms with Gasteiger partial charge < -0.3 is 14.4 Å². The summed E-state index contributed by atoms with van der Waals surface area (Å²) in [5.41, 5.74) is 3.36. The highest BCUT2D eigenvalue weighted by atomic mass is 35.5. The van der Waals surface area contributed by atoms with E-state index in [1.54, 1.807) is 28.7 Å². The van der Waals surface area contributed by atoms with Gasteiger partial charge in [-0.05, 0) is 30.3 Å². The van der Waals surface area contributed by atoms with Gasteiger partial charge in [0, 0.05) is 18.3 Å². The third-order valence-electron chi connectivity index (χ3n) is 4.15. The summed E-state index contributed by atoms with van der Waals surface area (Å²) in [5, 5.41) is 0.314. The molecule has 0 spiro atoms. The Morgan fingerprint density at radius 3 is 3.19 bits per heavy atom. The van der Waals surface area contributed by atoms with Crippen molar-refractivity contribution in [3.05, 3.63) is 52.8 Å². The maximum Gasteiger partial charge on any atom is 0.254 e. The first-order chi connectivity index (χ1) is 12.7. The summed E-state index contributed by atoms with van der Waals surface area (Å²) in [6, 6.07) is 9.11. The van der Waals surface area contributed by atoms with E-state index in [9.17, 15) is 4.79 Å². The lowest BCUT2D eigenvalue weighted by Crippen LogP contribution is -2.47. The van der Waals surface area contributed by atoms with E-state index in [1.807, 2.05) is 18.2 Å². The van der Waals surface area contributed by atoms with Crippen molar-refractivity contribution in [2.75, 3.05) is 26.3 Å². The minimum Gasteiger partial charge on any atom is -0.488 e. The number of benzene rings is 1. The molecule has 3 heterocycles. The summed E-state index contributed by atoms with van der Waals surface area (Å²) in [4.78, 5) is 22.8. The quantitative estimate of drug-likeness (QED) is 0.641. The number of amides is 1. The Morgan fingerprint density at radius 2 is 2.31 bits per heavy atom. The molecule has 1 saturated heterocycles. The maximum atomic E-state index is 12.8. The number of ether oxygens (including phenoxy) is 2. The number of fused-ring (bicyclic) bond motifs is 1.